The van der Waals surface area contributed by atoms with E-state index >= 15 is 0 Å². The van der Waals surface area contributed by atoms with Crippen molar-refractivity contribution in [1.82, 2.24) is 15.3 Å². The molecule has 1 aliphatic rings. The maximum absolute atomic E-state index is 5.64. The Kier molecular flexibility index (Phi) is 6.21. The zero-order chi connectivity index (χ0) is 14.5. The van der Waals surface area contributed by atoms with Gasteiger partial charge in [-0.05, 0) is 50.9 Å². The lowest BCUT2D eigenvalue weighted by Crippen LogP contribution is -2.31. The van der Waals surface area contributed by atoms with E-state index < -0.39 is 0 Å². The second-order valence-electron chi connectivity index (χ2n) is 5.37. The molecule has 0 spiro atoms. The van der Waals surface area contributed by atoms with Crippen LogP contribution in [-0.2, 0) is 0 Å². The second kappa shape index (κ2) is 8.15. The van der Waals surface area contributed by atoms with Gasteiger partial charge in [0.05, 0.1) is 17.6 Å². The van der Waals surface area contributed by atoms with Gasteiger partial charge >= 0.3 is 0 Å². The van der Waals surface area contributed by atoms with Crippen LogP contribution in [0, 0.1) is 5.92 Å². The van der Waals surface area contributed by atoms with Crippen LogP contribution in [0.5, 0.6) is 5.88 Å². The Morgan fingerprint density at radius 3 is 2.55 bits per heavy atom. The average molecular weight is 323 g/mol. The first kappa shape index (κ1) is 16.8. The van der Waals surface area contributed by atoms with Crippen LogP contribution >= 0.6 is 12.4 Å². The van der Waals surface area contributed by atoms with Crippen molar-refractivity contribution >= 4 is 29.3 Å². The number of para-hydroxylation sites is 2. The second-order valence-corrected chi connectivity index (χ2v) is 5.37. The van der Waals surface area contributed by atoms with Gasteiger partial charge in [0, 0.05) is 6.54 Å². The van der Waals surface area contributed by atoms with E-state index in [1.807, 2.05) is 31.2 Å². The largest absolute Gasteiger partial charge is 0.475 e. The normalized spacial score (nSPS) is 15.3. The molecule has 3 rings (SSSR count). The number of fused-ring (bicyclic) bond motifs is 1. The van der Waals surface area contributed by atoms with Crippen LogP contribution in [0.3, 0.4) is 0 Å². The molecule has 6 heteroatoms. The van der Waals surface area contributed by atoms with Crippen LogP contribution in [-0.4, -0.2) is 36.2 Å². The monoisotopic (exact) mass is 322 g/mol. The number of piperidine rings is 1. The molecule has 0 saturated carbocycles. The Morgan fingerprint density at radius 1 is 1.18 bits per heavy atom. The summed E-state index contributed by atoms with van der Waals surface area (Å²) in [5.74, 6) is 2.05. The predicted molar refractivity (Wildman–Crippen MR) is 92.0 cm³/mol. The number of hydrogen-bond acceptors (Lipinski definition) is 5. The summed E-state index contributed by atoms with van der Waals surface area (Å²) >= 11 is 0. The van der Waals surface area contributed by atoms with E-state index in [0.717, 1.165) is 36.5 Å². The fourth-order valence-electron chi connectivity index (χ4n) is 2.66. The molecule has 5 nitrogen and oxygen atoms in total. The fraction of sp³-hybridized carbons (Fsp3) is 0.500. The fourth-order valence-corrected chi connectivity index (χ4v) is 2.66. The molecule has 2 aromatic rings. The molecule has 120 valence electrons. The molecule has 0 atom stereocenters. The number of ether oxygens (including phenoxy) is 1. The molecule has 0 bridgehead atoms. The zero-order valence-corrected chi connectivity index (χ0v) is 13.7. The van der Waals surface area contributed by atoms with E-state index in [-0.39, 0.29) is 12.4 Å². The molecule has 1 aromatic carbocycles. The van der Waals surface area contributed by atoms with E-state index in [0.29, 0.717) is 18.4 Å². The van der Waals surface area contributed by atoms with Crippen LogP contribution < -0.4 is 15.4 Å². The molecule has 1 saturated heterocycles. The Morgan fingerprint density at radius 2 is 1.86 bits per heavy atom. The number of hydrogen-bond donors (Lipinski definition) is 2. The first-order valence-electron chi connectivity index (χ1n) is 7.71. The minimum atomic E-state index is 0. The van der Waals surface area contributed by atoms with Crippen molar-refractivity contribution in [1.29, 1.82) is 0 Å². The SMILES string of the molecule is CCOc1nc2ccccc2nc1NCC1CCNCC1.Cl. The number of aromatic nitrogens is 2. The molecule has 1 aromatic heterocycles. The van der Waals surface area contributed by atoms with Crippen molar-refractivity contribution in [3.05, 3.63) is 24.3 Å². The van der Waals surface area contributed by atoms with Gasteiger partial charge in [0.25, 0.3) is 5.88 Å². The maximum atomic E-state index is 5.64. The van der Waals surface area contributed by atoms with Crippen molar-refractivity contribution in [2.45, 2.75) is 19.8 Å². The summed E-state index contributed by atoms with van der Waals surface area (Å²) in [5, 5.41) is 6.82. The Labute approximate surface area is 137 Å². The number of halogens is 1. The first-order valence-corrected chi connectivity index (χ1v) is 7.71. The molecule has 0 unspecified atom stereocenters. The quantitative estimate of drug-likeness (QED) is 0.886. The lowest BCUT2D eigenvalue weighted by Gasteiger charge is -2.23. The molecule has 22 heavy (non-hydrogen) atoms. The van der Waals surface area contributed by atoms with Gasteiger partial charge < -0.3 is 15.4 Å². The average Bonchev–Trinajstić information content (AvgIpc) is 2.54. The smallest absolute Gasteiger partial charge is 0.258 e. The van der Waals surface area contributed by atoms with Crippen LogP contribution in [0.15, 0.2) is 24.3 Å². The predicted octanol–water partition coefficient (Wildman–Crippen LogP) is 2.86. The van der Waals surface area contributed by atoms with E-state index in [2.05, 4.69) is 20.6 Å². The minimum absolute atomic E-state index is 0. The number of nitrogens with one attached hydrogen (secondary N) is 2. The number of nitrogens with zero attached hydrogens (tertiary/aromatic N) is 2. The van der Waals surface area contributed by atoms with Crippen LogP contribution in [0.1, 0.15) is 19.8 Å². The lowest BCUT2D eigenvalue weighted by molar-refractivity contribution is 0.327. The molecule has 1 aliphatic heterocycles. The number of anilines is 1. The molecular weight excluding hydrogens is 300 g/mol. The summed E-state index contributed by atoms with van der Waals surface area (Å²) in [6.45, 7) is 5.69. The first-order chi connectivity index (χ1) is 10.4. The summed E-state index contributed by atoms with van der Waals surface area (Å²) in [5.41, 5.74) is 1.77. The third-order valence-corrected chi connectivity index (χ3v) is 3.84. The standard InChI is InChI=1S/C16H22N4O.ClH/c1-2-21-16-15(18-11-12-7-9-17-10-8-12)19-13-5-3-4-6-14(13)20-16;/h3-6,12,17H,2,7-11H2,1H3,(H,18,19);1H. The third kappa shape index (κ3) is 3.99. The summed E-state index contributed by atoms with van der Waals surface area (Å²) in [6.07, 6.45) is 2.41. The highest BCUT2D eigenvalue weighted by molar-refractivity contribution is 5.85. The minimum Gasteiger partial charge on any atom is -0.475 e. The molecule has 0 aliphatic carbocycles. The molecule has 1 fully saturated rings. The van der Waals surface area contributed by atoms with Gasteiger partial charge in [-0.3, -0.25) is 0 Å². The highest BCUT2D eigenvalue weighted by Crippen LogP contribution is 2.24. The van der Waals surface area contributed by atoms with Crippen molar-refractivity contribution in [2.24, 2.45) is 5.92 Å². The Bertz CT molecular complexity index is 602. The zero-order valence-electron chi connectivity index (χ0n) is 12.8. The third-order valence-electron chi connectivity index (χ3n) is 3.84. The number of rotatable bonds is 5. The van der Waals surface area contributed by atoms with Gasteiger partial charge in [-0.25, -0.2) is 9.97 Å². The summed E-state index contributed by atoms with van der Waals surface area (Å²) < 4.78 is 5.64. The lowest BCUT2D eigenvalue weighted by atomic mass is 9.98. The summed E-state index contributed by atoms with van der Waals surface area (Å²) in [7, 11) is 0. The van der Waals surface area contributed by atoms with Crippen LogP contribution in [0.2, 0.25) is 0 Å². The van der Waals surface area contributed by atoms with Crippen LogP contribution in [0.25, 0.3) is 11.0 Å². The van der Waals surface area contributed by atoms with Crippen molar-refractivity contribution in [3.63, 3.8) is 0 Å². The molecule has 0 radical (unpaired) electrons. The summed E-state index contributed by atoms with van der Waals surface area (Å²) in [4.78, 5) is 9.23. The molecule has 2 N–H and O–H groups in total. The number of benzene rings is 1. The van der Waals surface area contributed by atoms with Crippen LogP contribution in [0.4, 0.5) is 5.82 Å². The van der Waals surface area contributed by atoms with E-state index in [9.17, 15) is 0 Å². The maximum Gasteiger partial charge on any atom is 0.258 e. The van der Waals surface area contributed by atoms with Gasteiger partial charge in [0.2, 0.25) is 0 Å². The van der Waals surface area contributed by atoms with Gasteiger partial charge in [0.1, 0.15) is 0 Å². The van der Waals surface area contributed by atoms with Gasteiger partial charge in [-0.2, -0.15) is 0 Å². The Hall–Kier alpha value is -1.59. The highest BCUT2D eigenvalue weighted by atomic mass is 35.5. The highest BCUT2D eigenvalue weighted by Gasteiger charge is 2.15. The van der Waals surface area contributed by atoms with Gasteiger partial charge in [-0.15, -0.1) is 12.4 Å². The molecular formula is C16H23ClN4O. The van der Waals surface area contributed by atoms with Crippen molar-refractivity contribution in [3.8, 4) is 5.88 Å². The Balaban J connectivity index is 0.00000176. The molecule has 2 heterocycles. The van der Waals surface area contributed by atoms with E-state index in [1.165, 1.54) is 12.8 Å². The van der Waals surface area contributed by atoms with E-state index in [1.54, 1.807) is 0 Å². The van der Waals surface area contributed by atoms with Crippen molar-refractivity contribution < 1.29 is 4.74 Å². The van der Waals surface area contributed by atoms with Crippen molar-refractivity contribution in [2.75, 3.05) is 31.6 Å². The van der Waals surface area contributed by atoms with E-state index in [4.69, 9.17) is 4.74 Å². The van der Waals surface area contributed by atoms with Gasteiger partial charge in [0.15, 0.2) is 5.82 Å². The molecule has 0 amide bonds. The van der Waals surface area contributed by atoms with Gasteiger partial charge in [-0.1, -0.05) is 12.1 Å². The summed E-state index contributed by atoms with van der Waals surface area (Å²) in [6, 6.07) is 7.89. The topological polar surface area (TPSA) is 59.1 Å².